The summed E-state index contributed by atoms with van der Waals surface area (Å²) in [6.07, 6.45) is 0. The van der Waals surface area contributed by atoms with Crippen LogP contribution in [0.4, 0.5) is 17.1 Å². The summed E-state index contributed by atoms with van der Waals surface area (Å²) in [7, 11) is 0. The number of aromatic nitrogens is 2. The van der Waals surface area contributed by atoms with Crippen molar-refractivity contribution in [1.82, 2.24) is 9.55 Å². The highest BCUT2D eigenvalue weighted by Crippen LogP contribution is 2.51. The van der Waals surface area contributed by atoms with E-state index in [0.717, 1.165) is 45.2 Å². The average Bonchev–Trinajstić information content (AvgIpc) is 3.66. The molecule has 0 unspecified atom stereocenters. The second-order valence-corrected chi connectivity index (χ2v) is 14.8. The minimum atomic E-state index is 0.948. The van der Waals surface area contributed by atoms with Crippen LogP contribution < -0.4 is 4.90 Å². The molecule has 1 aliphatic rings. The predicted molar refractivity (Wildman–Crippen MR) is 236 cm³/mol. The molecule has 0 amide bonds. The van der Waals surface area contributed by atoms with Gasteiger partial charge < -0.3 is 4.90 Å². The Hall–Kier alpha value is -7.49. The van der Waals surface area contributed by atoms with Crippen molar-refractivity contribution in [2.75, 3.05) is 4.90 Å². The van der Waals surface area contributed by atoms with Crippen LogP contribution in [0.15, 0.2) is 200 Å². The molecule has 0 aliphatic carbocycles. The van der Waals surface area contributed by atoms with Gasteiger partial charge in [-0.15, -0.1) is 0 Å². The highest BCUT2D eigenvalue weighted by Gasteiger charge is 2.30. The summed E-state index contributed by atoms with van der Waals surface area (Å²) in [5.41, 5.74) is 12.5. The molecule has 3 nitrogen and oxygen atoms in total. The Balaban J connectivity index is 1.18. The molecule has 11 aromatic rings. The third-order valence-corrected chi connectivity index (χ3v) is 11.6. The van der Waals surface area contributed by atoms with E-state index >= 15 is 0 Å². The van der Waals surface area contributed by atoms with Gasteiger partial charge in [-0.2, -0.15) is 0 Å². The van der Waals surface area contributed by atoms with Crippen molar-refractivity contribution < 1.29 is 0 Å². The van der Waals surface area contributed by atoms with Crippen LogP contribution >= 0.6 is 0 Å². The standard InChI is InChI=1S/C53H33N3/c1-2-15-36(16-3-1)53-54-46-21-12-24-49-52(46)56(53)48-23-11-10-22-47(48)55(49)41-29-30-44-45(33-41)51(40-28-26-35-14-5-7-18-38(35)32-40)43-20-9-8-19-42(43)50(44)39-27-25-34-13-4-6-17-37(34)31-39/h1-33H. The van der Waals surface area contributed by atoms with Gasteiger partial charge in [-0.3, -0.25) is 4.57 Å². The molecule has 1 aromatic heterocycles. The second kappa shape index (κ2) is 12.0. The lowest BCUT2D eigenvalue weighted by molar-refractivity contribution is 1.06. The minimum Gasteiger partial charge on any atom is -0.306 e. The Morgan fingerprint density at radius 1 is 0.339 bits per heavy atom. The van der Waals surface area contributed by atoms with Crippen molar-refractivity contribution in [2.45, 2.75) is 0 Å². The number of para-hydroxylation sites is 3. The van der Waals surface area contributed by atoms with E-state index < -0.39 is 0 Å². The molecule has 260 valence electrons. The maximum absolute atomic E-state index is 5.25. The molecule has 12 rings (SSSR count). The molecule has 0 radical (unpaired) electrons. The number of fused-ring (bicyclic) bond motifs is 6. The number of imidazole rings is 1. The Morgan fingerprint density at radius 3 is 1.59 bits per heavy atom. The van der Waals surface area contributed by atoms with E-state index in [2.05, 4.69) is 210 Å². The number of hydrogen-bond donors (Lipinski definition) is 0. The first-order valence-electron chi connectivity index (χ1n) is 19.2. The van der Waals surface area contributed by atoms with Crippen molar-refractivity contribution in [3.63, 3.8) is 0 Å². The van der Waals surface area contributed by atoms with Crippen LogP contribution in [0.3, 0.4) is 0 Å². The van der Waals surface area contributed by atoms with Gasteiger partial charge in [0.2, 0.25) is 0 Å². The number of rotatable bonds is 4. The van der Waals surface area contributed by atoms with Crippen LogP contribution in [0.5, 0.6) is 0 Å². The minimum absolute atomic E-state index is 0.948. The molecule has 0 fully saturated rings. The molecule has 0 bridgehead atoms. The lowest BCUT2D eigenvalue weighted by atomic mass is 9.85. The van der Waals surface area contributed by atoms with Gasteiger partial charge in [0.05, 0.1) is 28.1 Å². The molecular formula is C53H33N3. The second-order valence-electron chi connectivity index (χ2n) is 14.8. The first kappa shape index (κ1) is 30.9. The van der Waals surface area contributed by atoms with E-state index in [4.69, 9.17) is 4.98 Å². The normalized spacial score (nSPS) is 12.2. The molecule has 0 N–H and O–H groups in total. The maximum atomic E-state index is 5.25. The lowest BCUT2D eigenvalue weighted by Crippen LogP contribution is -2.18. The van der Waals surface area contributed by atoms with Crippen LogP contribution in [0.2, 0.25) is 0 Å². The molecule has 56 heavy (non-hydrogen) atoms. The van der Waals surface area contributed by atoms with Gasteiger partial charge in [0.25, 0.3) is 0 Å². The van der Waals surface area contributed by atoms with Crippen LogP contribution in [0.25, 0.3) is 93.5 Å². The van der Waals surface area contributed by atoms with Crippen molar-refractivity contribution >= 4 is 71.2 Å². The highest BCUT2D eigenvalue weighted by molar-refractivity contribution is 6.23. The first-order valence-corrected chi connectivity index (χ1v) is 19.2. The van der Waals surface area contributed by atoms with Crippen LogP contribution in [0.1, 0.15) is 0 Å². The van der Waals surface area contributed by atoms with E-state index in [1.165, 1.54) is 65.3 Å². The fourth-order valence-corrected chi connectivity index (χ4v) is 9.17. The summed E-state index contributed by atoms with van der Waals surface area (Å²) >= 11 is 0. The molecule has 0 spiro atoms. The van der Waals surface area contributed by atoms with E-state index in [-0.39, 0.29) is 0 Å². The van der Waals surface area contributed by atoms with Crippen LogP contribution in [0, 0.1) is 0 Å². The van der Waals surface area contributed by atoms with Gasteiger partial charge in [0, 0.05) is 11.3 Å². The van der Waals surface area contributed by atoms with Crippen LogP contribution in [-0.4, -0.2) is 9.55 Å². The van der Waals surface area contributed by atoms with E-state index in [0.29, 0.717) is 0 Å². The first-order chi connectivity index (χ1) is 27.8. The Morgan fingerprint density at radius 2 is 0.893 bits per heavy atom. The monoisotopic (exact) mass is 711 g/mol. The molecule has 0 saturated carbocycles. The van der Waals surface area contributed by atoms with E-state index in [1.54, 1.807) is 0 Å². The zero-order valence-electron chi connectivity index (χ0n) is 30.4. The quantitative estimate of drug-likeness (QED) is 0.170. The molecule has 1 aliphatic heterocycles. The van der Waals surface area contributed by atoms with E-state index in [9.17, 15) is 0 Å². The topological polar surface area (TPSA) is 21.1 Å². The third-order valence-electron chi connectivity index (χ3n) is 11.6. The van der Waals surface area contributed by atoms with E-state index in [1.807, 2.05) is 0 Å². The molecular weight excluding hydrogens is 679 g/mol. The number of nitrogens with zero attached hydrogens (tertiary/aromatic N) is 3. The smallest absolute Gasteiger partial charge is 0.145 e. The summed E-state index contributed by atoms with van der Waals surface area (Å²) in [6.45, 7) is 0. The predicted octanol–water partition coefficient (Wildman–Crippen LogP) is 14.4. The summed E-state index contributed by atoms with van der Waals surface area (Å²) in [5, 5.41) is 9.88. The SMILES string of the molecule is c1ccc(-c2nc3cccc4c3n2-c2ccccc2N4c2ccc3c(-c4ccc5ccccc5c4)c4ccccc4c(-c4ccc5ccccc5c4)c3c2)cc1. The summed E-state index contributed by atoms with van der Waals surface area (Å²) in [4.78, 5) is 7.68. The van der Waals surface area contributed by atoms with Gasteiger partial charge in [-0.05, 0) is 114 Å². The number of benzene rings is 10. The van der Waals surface area contributed by atoms with Crippen LogP contribution in [-0.2, 0) is 0 Å². The zero-order valence-corrected chi connectivity index (χ0v) is 30.4. The Bertz CT molecular complexity index is 3380. The van der Waals surface area contributed by atoms with Gasteiger partial charge in [-0.25, -0.2) is 4.98 Å². The lowest BCUT2D eigenvalue weighted by Gasteiger charge is -2.33. The Labute approximate surface area is 324 Å². The van der Waals surface area contributed by atoms with Gasteiger partial charge in [0.15, 0.2) is 0 Å². The van der Waals surface area contributed by atoms with Crippen molar-refractivity contribution in [3.8, 4) is 39.3 Å². The maximum Gasteiger partial charge on any atom is 0.145 e. The van der Waals surface area contributed by atoms with Gasteiger partial charge in [0.1, 0.15) is 5.82 Å². The number of hydrogen-bond acceptors (Lipinski definition) is 2. The Kier molecular flexibility index (Phi) is 6.63. The molecule has 2 heterocycles. The van der Waals surface area contributed by atoms with Gasteiger partial charge in [-0.1, -0.05) is 152 Å². The zero-order chi connectivity index (χ0) is 36.7. The fourth-order valence-electron chi connectivity index (χ4n) is 9.17. The molecule has 10 aromatic carbocycles. The van der Waals surface area contributed by atoms with Crippen molar-refractivity contribution in [3.05, 3.63) is 200 Å². The largest absolute Gasteiger partial charge is 0.306 e. The van der Waals surface area contributed by atoms with Crippen molar-refractivity contribution in [1.29, 1.82) is 0 Å². The third kappa shape index (κ3) is 4.55. The fraction of sp³-hybridized carbons (Fsp3) is 0. The van der Waals surface area contributed by atoms with Gasteiger partial charge >= 0.3 is 0 Å². The summed E-state index contributed by atoms with van der Waals surface area (Å²) in [6, 6.07) is 72.9. The summed E-state index contributed by atoms with van der Waals surface area (Å²) < 4.78 is 2.35. The van der Waals surface area contributed by atoms with Crippen molar-refractivity contribution in [2.24, 2.45) is 0 Å². The highest BCUT2D eigenvalue weighted by atomic mass is 15.2. The molecule has 3 heteroatoms. The molecule has 0 atom stereocenters. The average molecular weight is 712 g/mol. The molecule has 0 saturated heterocycles. The summed E-state index contributed by atoms with van der Waals surface area (Å²) in [5.74, 6) is 0.948. The number of anilines is 3.